The molecular formula is C34H41N3O7S. The van der Waals surface area contributed by atoms with Crippen LogP contribution in [0.4, 0.5) is 0 Å². The van der Waals surface area contributed by atoms with E-state index in [1.165, 1.54) is 11.2 Å². The van der Waals surface area contributed by atoms with Crippen molar-refractivity contribution in [1.29, 1.82) is 0 Å². The lowest BCUT2D eigenvalue weighted by Crippen LogP contribution is -2.56. The first-order chi connectivity index (χ1) is 21.4. The molecular weight excluding hydrogens is 594 g/mol. The van der Waals surface area contributed by atoms with E-state index in [2.05, 4.69) is 10.2 Å². The van der Waals surface area contributed by atoms with Crippen molar-refractivity contribution in [2.24, 2.45) is 5.92 Å². The van der Waals surface area contributed by atoms with Gasteiger partial charge in [-0.1, -0.05) is 38.1 Å². The molecule has 5 rings (SSSR count). The molecule has 0 spiro atoms. The topological polar surface area (TPSA) is 114 Å². The van der Waals surface area contributed by atoms with E-state index in [0.29, 0.717) is 68.0 Å². The van der Waals surface area contributed by atoms with Crippen LogP contribution in [0.2, 0.25) is 0 Å². The third-order valence-electron chi connectivity index (χ3n) is 7.78. The van der Waals surface area contributed by atoms with E-state index in [4.69, 9.17) is 14.2 Å². The number of nitrogens with one attached hydrogen (secondary N) is 1. The summed E-state index contributed by atoms with van der Waals surface area (Å²) in [6, 6.07) is 19.4. The maximum Gasteiger partial charge on any atom is 0.254 e. The van der Waals surface area contributed by atoms with Crippen molar-refractivity contribution in [1.82, 2.24) is 15.1 Å². The lowest BCUT2D eigenvalue weighted by molar-refractivity contribution is -0.125. The van der Waals surface area contributed by atoms with Gasteiger partial charge in [0.1, 0.15) is 17.2 Å². The number of carbonyl (C=O) groups is 2. The number of benzene rings is 3. The summed E-state index contributed by atoms with van der Waals surface area (Å²) >= 11 is 0. The van der Waals surface area contributed by atoms with Gasteiger partial charge in [-0.2, -0.15) is 0 Å². The van der Waals surface area contributed by atoms with Gasteiger partial charge < -0.3 is 24.4 Å². The number of carbonyl (C=O) groups excluding carboxylic acids is 2. The van der Waals surface area contributed by atoms with Gasteiger partial charge in [-0.25, -0.2) is 8.42 Å². The summed E-state index contributed by atoms with van der Waals surface area (Å²) in [5.74, 6) is 1.27. The zero-order valence-electron chi connectivity index (χ0n) is 26.2. The van der Waals surface area contributed by atoms with Crippen molar-refractivity contribution in [3.63, 3.8) is 0 Å². The van der Waals surface area contributed by atoms with Crippen molar-refractivity contribution in [2.45, 2.75) is 50.5 Å². The molecule has 2 atom stereocenters. The number of rotatable bonds is 6. The Labute approximate surface area is 265 Å². The first-order valence-corrected chi connectivity index (χ1v) is 17.0. The number of hydrogen-bond donors (Lipinski definition) is 1. The number of fused-ring (bicyclic) bond motifs is 5. The molecule has 4 bridgehead atoms. The van der Waals surface area contributed by atoms with Gasteiger partial charge in [-0.15, -0.1) is 0 Å². The molecule has 10 nitrogen and oxygen atoms in total. The monoisotopic (exact) mass is 635 g/mol. The molecule has 2 aliphatic rings. The minimum absolute atomic E-state index is 0.120. The summed E-state index contributed by atoms with van der Waals surface area (Å²) < 4.78 is 42.3. The van der Waals surface area contributed by atoms with E-state index in [0.717, 1.165) is 11.1 Å². The summed E-state index contributed by atoms with van der Waals surface area (Å²) in [5, 5.41) is 3.12. The predicted octanol–water partition coefficient (Wildman–Crippen LogP) is 4.28. The van der Waals surface area contributed by atoms with Gasteiger partial charge in [0.2, 0.25) is 5.91 Å². The average molecular weight is 636 g/mol. The van der Waals surface area contributed by atoms with Crippen molar-refractivity contribution in [3.8, 4) is 17.2 Å². The summed E-state index contributed by atoms with van der Waals surface area (Å²) in [6.07, 6.45) is 1.53. The van der Waals surface area contributed by atoms with Crippen LogP contribution < -0.4 is 14.8 Å². The number of piperidine rings is 1. The highest BCUT2D eigenvalue weighted by atomic mass is 32.2. The highest BCUT2D eigenvalue weighted by Crippen LogP contribution is 2.30. The van der Waals surface area contributed by atoms with Crippen molar-refractivity contribution in [2.75, 3.05) is 39.5 Å². The van der Waals surface area contributed by atoms with Gasteiger partial charge in [-0.05, 0) is 59.9 Å². The summed E-state index contributed by atoms with van der Waals surface area (Å²) in [4.78, 5) is 30.6. The number of hydrogen-bond acceptors (Lipinski definition) is 8. The van der Waals surface area contributed by atoms with Crippen LogP contribution in [0.15, 0.2) is 71.6 Å². The number of sulfone groups is 1. The fourth-order valence-electron chi connectivity index (χ4n) is 5.46. The van der Waals surface area contributed by atoms with Gasteiger partial charge in [0.15, 0.2) is 9.84 Å². The number of ether oxygens (including phenoxy) is 3. The Bertz CT molecular complexity index is 1620. The number of likely N-dealkylation sites (N-methyl/N-ethyl adjacent to an activating group) is 1. The quantitative estimate of drug-likeness (QED) is 0.427. The molecule has 0 aromatic heterocycles. The van der Waals surface area contributed by atoms with Crippen LogP contribution in [-0.2, 0) is 32.5 Å². The molecule has 240 valence electrons. The standard InChI is InChI=1S/C34H41N3O7S/c1-23(2)21-42-28-15-26-16-29(17-28)44-27-7-5-6-25(14-27)22-43-32-19-37(18-24-8-10-30(11-9-24)45(4,40)41)13-12-31(32)35-33(38)20-36(3)34(26)39/h5-11,14-17,23,31-32H,12-13,18-22H2,1-4H3,(H,35,38)/t31-,32-/m0/s1. The molecule has 0 unspecified atom stereocenters. The average Bonchev–Trinajstić information content (AvgIpc) is 2.99. The molecule has 2 heterocycles. The lowest BCUT2D eigenvalue weighted by atomic mass is 10.0. The normalized spacial score (nSPS) is 19.9. The Morgan fingerprint density at radius 1 is 1.02 bits per heavy atom. The van der Waals surface area contributed by atoms with Crippen LogP contribution in [-0.4, -0.2) is 81.7 Å². The first kappa shape index (κ1) is 32.5. The highest BCUT2D eigenvalue weighted by molar-refractivity contribution is 7.90. The molecule has 2 aliphatic heterocycles. The minimum atomic E-state index is -3.27. The van der Waals surface area contributed by atoms with Crippen LogP contribution in [0.5, 0.6) is 17.2 Å². The molecule has 45 heavy (non-hydrogen) atoms. The highest BCUT2D eigenvalue weighted by Gasteiger charge is 2.32. The third-order valence-corrected chi connectivity index (χ3v) is 8.91. The molecule has 0 radical (unpaired) electrons. The molecule has 0 aliphatic carbocycles. The van der Waals surface area contributed by atoms with Gasteiger partial charge >= 0.3 is 0 Å². The van der Waals surface area contributed by atoms with E-state index in [1.54, 1.807) is 37.4 Å². The number of likely N-dealkylation sites (tertiary alicyclic amines) is 1. The third kappa shape index (κ3) is 8.84. The molecule has 1 fully saturated rings. The first-order valence-electron chi connectivity index (χ1n) is 15.2. The molecule has 0 saturated carbocycles. The van der Waals surface area contributed by atoms with Gasteiger partial charge in [0.05, 0.1) is 36.8 Å². The molecule has 2 amide bonds. The van der Waals surface area contributed by atoms with Gasteiger partial charge in [-0.3, -0.25) is 14.5 Å². The Hall–Kier alpha value is -3.93. The van der Waals surface area contributed by atoms with Crippen LogP contribution >= 0.6 is 0 Å². The maximum atomic E-state index is 13.5. The molecule has 3 aromatic rings. The second-order valence-electron chi connectivity index (χ2n) is 12.3. The Morgan fingerprint density at radius 2 is 1.80 bits per heavy atom. The van der Waals surface area contributed by atoms with Gasteiger partial charge in [0, 0.05) is 44.6 Å². The Morgan fingerprint density at radius 3 is 2.53 bits per heavy atom. The second-order valence-corrected chi connectivity index (χ2v) is 14.3. The fourth-order valence-corrected chi connectivity index (χ4v) is 6.09. The molecule has 11 heteroatoms. The van der Waals surface area contributed by atoms with E-state index in [-0.39, 0.29) is 35.4 Å². The fraction of sp³-hybridized carbons (Fsp3) is 0.412. The van der Waals surface area contributed by atoms with Crippen molar-refractivity contribution >= 4 is 21.7 Å². The van der Waals surface area contributed by atoms with E-state index < -0.39 is 9.84 Å². The van der Waals surface area contributed by atoms with E-state index in [9.17, 15) is 18.0 Å². The number of amides is 2. The van der Waals surface area contributed by atoms with Crippen molar-refractivity contribution in [3.05, 3.63) is 83.4 Å². The van der Waals surface area contributed by atoms with Crippen LogP contribution in [0.1, 0.15) is 41.8 Å². The Balaban J connectivity index is 1.37. The van der Waals surface area contributed by atoms with E-state index >= 15 is 0 Å². The largest absolute Gasteiger partial charge is 0.493 e. The zero-order valence-corrected chi connectivity index (χ0v) is 27.0. The van der Waals surface area contributed by atoms with Crippen molar-refractivity contribution < 1.29 is 32.2 Å². The molecule has 1 N–H and O–H groups in total. The van der Waals surface area contributed by atoms with Crippen LogP contribution in [0.25, 0.3) is 0 Å². The Kier molecular flexibility index (Phi) is 10.1. The SMILES string of the molecule is CC(C)COc1cc2cc(c1)C(=O)N(C)CC(=O)N[C@H]1CCN(Cc3ccc(S(C)(=O)=O)cc3)C[C@@H]1OCc1cccc(c1)O2. The van der Waals surface area contributed by atoms with Gasteiger partial charge in [0.25, 0.3) is 5.91 Å². The summed E-state index contributed by atoms with van der Waals surface area (Å²) in [7, 11) is -1.67. The summed E-state index contributed by atoms with van der Waals surface area (Å²) in [6.45, 7) is 6.66. The van der Waals surface area contributed by atoms with E-state index in [1.807, 2.05) is 50.2 Å². The smallest absolute Gasteiger partial charge is 0.254 e. The van der Waals surface area contributed by atoms with Crippen LogP contribution in [0.3, 0.4) is 0 Å². The van der Waals surface area contributed by atoms with Crippen LogP contribution in [0, 0.1) is 5.92 Å². The predicted molar refractivity (Wildman–Crippen MR) is 170 cm³/mol. The zero-order chi connectivity index (χ0) is 32.1. The summed E-state index contributed by atoms with van der Waals surface area (Å²) in [5.41, 5.74) is 2.26. The minimum Gasteiger partial charge on any atom is -0.493 e. The number of nitrogens with zero attached hydrogens (tertiary/aromatic N) is 2. The lowest BCUT2D eigenvalue weighted by Gasteiger charge is -2.39. The molecule has 1 saturated heterocycles. The second kappa shape index (κ2) is 14.0. The maximum absolute atomic E-state index is 13.5. The molecule has 3 aromatic carbocycles.